The van der Waals surface area contributed by atoms with E-state index in [9.17, 15) is 15.0 Å². The third-order valence-corrected chi connectivity index (χ3v) is 5.56. The van der Waals surface area contributed by atoms with Crippen LogP contribution in [0.2, 0.25) is 0 Å². The fourth-order valence-corrected chi connectivity index (χ4v) is 3.71. The molecule has 0 amide bonds. The summed E-state index contributed by atoms with van der Waals surface area (Å²) in [5.74, 6) is -0.0659. The molecule has 0 saturated heterocycles. The molecule has 0 fully saturated rings. The fourth-order valence-electron chi connectivity index (χ4n) is 3.71. The van der Waals surface area contributed by atoms with E-state index in [4.69, 9.17) is 13.9 Å². The van der Waals surface area contributed by atoms with E-state index in [0.717, 1.165) is 11.1 Å². The Bertz CT molecular complexity index is 1510. The van der Waals surface area contributed by atoms with E-state index in [1.807, 2.05) is 60.7 Å². The second-order valence-electron chi connectivity index (χ2n) is 7.99. The van der Waals surface area contributed by atoms with Crippen molar-refractivity contribution in [3.63, 3.8) is 0 Å². The molecule has 0 bridgehead atoms. The molecule has 0 aliphatic rings. The van der Waals surface area contributed by atoms with E-state index in [1.54, 1.807) is 24.3 Å². The van der Waals surface area contributed by atoms with E-state index < -0.39 is 16.9 Å². The van der Waals surface area contributed by atoms with Crippen molar-refractivity contribution in [2.24, 2.45) is 0 Å². The van der Waals surface area contributed by atoms with Gasteiger partial charge in [0.2, 0.25) is 5.75 Å². The standard InChI is InChI=1S/C29H22O6/c30-23-15-24(21-11-13-22(14-12-21)33-17-19-7-3-1-4-8-19)35-25-16-26(28(31)29(32)27(23)25)34-18-20-9-5-2-6-10-20/h1-16,31-32H,17-18H2. The maximum absolute atomic E-state index is 12.8. The Morgan fingerprint density at radius 1 is 0.686 bits per heavy atom. The van der Waals surface area contributed by atoms with Crippen LogP contribution < -0.4 is 14.9 Å². The van der Waals surface area contributed by atoms with Gasteiger partial charge in [-0.05, 0) is 35.4 Å². The van der Waals surface area contributed by atoms with Gasteiger partial charge >= 0.3 is 0 Å². The third kappa shape index (κ3) is 4.82. The molecule has 0 radical (unpaired) electrons. The van der Waals surface area contributed by atoms with Crippen molar-refractivity contribution in [1.82, 2.24) is 0 Å². The van der Waals surface area contributed by atoms with Crippen LogP contribution in [0, 0.1) is 0 Å². The Morgan fingerprint density at radius 3 is 1.91 bits per heavy atom. The highest BCUT2D eigenvalue weighted by molar-refractivity contribution is 5.89. The molecule has 35 heavy (non-hydrogen) atoms. The van der Waals surface area contributed by atoms with Gasteiger partial charge in [-0.15, -0.1) is 0 Å². The molecule has 0 aliphatic heterocycles. The molecule has 5 rings (SSSR count). The van der Waals surface area contributed by atoms with E-state index >= 15 is 0 Å². The number of phenolic OH excluding ortho intramolecular Hbond substituents is 2. The highest BCUT2D eigenvalue weighted by Gasteiger charge is 2.19. The lowest BCUT2D eigenvalue weighted by Crippen LogP contribution is -2.02. The molecule has 0 unspecified atom stereocenters. The molecule has 6 heteroatoms. The number of rotatable bonds is 7. The van der Waals surface area contributed by atoms with Gasteiger partial charge in [0.1, 0.15) is 35.7 Å². The summed E-state index contributed by atoms with van der Waals surface area (Å²) in [5.41, 5.74) is 2.24. The van der Waals surface area contributed by atoms with Gasteiger partial charge in [0.15, 0.2) is 16.9 Å². The smallest absolute Gasteiger partial charge is 0.201 e. The number of benzene rings is 4. The second-order valence-corrected chi connectivity index (χ2v) is 7.99. The summed E-state index contributed by atoms with van der Waals surface area (Å²) in [6.07, 6.45) is 0. The van der Waals surface area contributed by atoms with Crippen LogP contribution in [0.5, 0.6) is 23.0 Å². The van der Waals surface area contributed by atoms with Crippen LogP contribution in [-0.2, 0) is 13.2 Å². The minimum Gasteiger partial charge on any atom is -0.504 e. The van der Waals surface area contributed by atoms with E-state index in [2.05, 4.69) is 0 Å². The zero-order chi connectivity index (χ0) is 24.2. The Kier molecular flexibility index (Phi) is 6.09. The molecular weight excluding hydrogens is 444 g/mol. The minimum atomic E-state index is -0.574. The van der Waals surface area contributed by atoms with Crippen molar-refractivity contribution in [3.8, 4) is 34.3 Å². The summed E-state index contributed by atoms with van der Waals surface area (Å²) in [6.45, 7) is 0.619. The Hall–Kier alpha value is -4.71. The monoisotopic (exact) mass is 466 g/mol. The summed E-state index contributed by atoms with van der Waals surface area (Å²) in [4.78, 5) is 12.8. The van der Waals surface area contributed by atoms with Gasteiger partial charge in [-0.25, -0.2) is 0 Å². The third-order valence-electron chi connectivity index (χ3n) is 5.56. The maximum Gasteiger partial charge on any atom is 0.201 e. The normalized spacial score (nSPS) is 10.9. The highest BCUT2D eigenvalue weighted by atomic mass is 16.5. The average molecular weight is 466 g/mol. The van der Waals surface area contributed by atoms with Crippen molar-refractivity contribution in [3.05, 3.63) is 118 Å². The van der Waals surface area contributed by atoms with Gasteiger partial charge in [0.25, 0.3) is 0 Å². The number of fused-ring (bicyclic) bond motifs is 1. The Labute approximate surface area is 201 Å². The number of aromatic hydroxyl groups is 2. The molecule has 1 heterocycles. The number of phenols is 2. The Balaban J connectivity index is 1.41. The van der Waals surface area contributed by atoms with Gasteiger partial charge in [-0.1, -0.05) is 60.7 Å². The summed E-state index contributed by atoms with van der Waals surface area (Å²) < 4.78 is 17.4. The second kappa shape index (κ2) is 9.65. The molecule has 0 spiro atoms. The molecule has 0 atom stereocenters. The van der Waals surface area contributed by atoms with Crippen molar-refractivity contribution < 1.29 is 24.1 Å². The molecule has 6 nitrogen and oxygen atoms in total. The van der Waals surface area contributed by atoms with Gasteiger partial charge in [-0.3, -0.25) is 4.79 Å². The van der Waals surface area contributed by atoms with Crippen LogP contribution in [0.25, 0.3) is 22.3 Å². The van der Waals surface area contributed by atoms with Crippen molar-refractivity contribution >= 4 is 11.0 Å². The average Bonchev–Trinajstić information content (AvgIpc) is 2.90. The van der Waals surface area contributed by atoms with Gasteiger partial charge in [-0.2, -0.15) is 0 Å². The quantitative estimate of drug-likeness (QED) is 0.285. The number of hydrogen-bond donors (Lipinski definition) is 2. The SMILES string of the molecule is O=c1cc(-c2ccc(OCc3ccccc3)cc2)oc2cc(OCc3ccccc3)c(O)c(O)c12. The fraction of sp³-hybridized carbons (Fsp3) is 0.0690. The largest absolute Gasteiger partial charge is 0.504 e. The van der Waals surface area contributed by atoms with Gasteiger partial charge in [0.05, 0.1) is 0 Å². The van der Waals surface area contributed by atoms with Crippen molar-refractivity contribution in [2.45, 2.75) is 13.2 Å². The van der Waals surface area contributed by atoms with Crippen LogP contribution in [0.4, 0.5) is 0 Å². The van der Waals surface area contributed by atoms with Crippen LogP contribution in [0.3, 0.4) is 0 Å². The van der Waals surface area contributed by atoms with Crippen LogP contribution in [-0.4, -0.2) is 10.2 Å². The van der Waals surface area contributed by atoms with Crippen LogP contribution in [0.15, 0.2) is 106 Å². The first kappa shape index (κ1) is 22.1. The zero-order valence-corrected chi connectivity index (χ0v) is 18.7. The van der Waals surface area contributed by atoms with Crippen LogP contribution in [0.1, 0.15) is 11.1 Å². The van der Waals surface area contributed by atoms with Gasteiger partial charge < -0.3 is 24.1 Å². The maximum atomic E-state index is 12.8. The minimum absolute atomic E-state index is 0.0174. The first-order valence-electron chi connectivity index (χ1n) is 11.0. The molecule has 2 N–H and O–H groups in total. The van der Waals surface area contributed by atoms with Crippen LogP contribution >= 0.6 is 0 Å². The molecule has 174 valence electrons. The lowest BCUT2D eigenvalue weighted by atomic mass is 10.1. The number of hydrogen-bond acceptors (Lipinski definition) is 6. The molecule has 5 aromatic rings. The Morgan fingerprint density at radius 2 is 1.29 bits per heavy atom. The zero-order valence-electron chi connectivity index (χ0n) is 18.7. The molecule has 4 aromatic carbocycles. The topological polar surface area (TPSA) is 89.1 Å². The van der Waals surface area contributed by atoms with E-state index in [0.29, 0.717) is 23.7 Å². The summed E-state index contributed by atoms with van der Waals surface area (Å²) >= 11 is 0. The lowest BCUT2D eigenvalue weighted by Gasteiger charge is -2.12. The molecular formula is C29H22O6. The van der Waals surface area contributed by atoms with E-state index in [1.165, 1.54) is 12.1 Å². The summed E-state index contributed by atoms with van der Waals surface area (Å²) in [6, 6.07) is 29.1. The lowest BCUT2D eigenvalue weighted by molar-refractivity contribution is 0.283. The first-order chi connectivity index (χ1) is 17.1. The molecule has 0 saturated carbocycles. The molecule has 1 aromatic heterocycles. The summed E-state index contributed by atoms with van der Waals surface area (Å²) in [5, 5.41) is 20.7. The number of ether oxygens (including phenoxy) is 2. The summed E-state index contributed by atoms with van der Waals surface area (Å²) in [7, 11) is 0. The predicted molar refractivity (Wildman–Crippen MR) is 133 cm³/mol. The first-order valence-corrected chi connectivity index (χ1v) is 11.0. The van der Waals surface area contributed by atoms with E-state index in [-0.39, 0.29) is 23.3 Å². The van der Waals surface area contributed by atoms with Crippen molar-refractivity contribution in [2.75, 3.05) is 0 Å². The van der Waals surface area contributed by atoms with Crippen molar-refractivity contribution in [1.29, 1.82) is 0 Å². The van der Waals surface area contributed by atoms with Gasteiger partial charge in [0, 0.05) is 17.7 Å². The highest BCUT2D eigenvalue weighted by Crippen LogP contribution is 2.41. The molecule has 0 aliphatic carbocycles. The predicted octanol–water partition coefficient (Wildman–Crippen LogP) is 6.03.